The zero-order valence-electron chi connectivity index (χ0n) is 11.2. The Labute approximate surface area is 116 Å². The van der Waals surface area contributed by atoms with E-state index in [4.69, 9.17) is 0 Å². The number of aromatic nitrogens is 1. The van der Waals surface area contributed by atoms with Gasteiger partial charge in [0.2, 0.25) is 0 Å². The van der Waals surface area contributed by atoms with Crippen molar-refractivity contribution < 1.29 is 5.11 Å². The van der Waals surface area contributed by atoms with E-state index in [1.165, 1.54) is 0 Å². The molecule has 1 heterocycles. The first-order valence-corrected chi connectivity index (χ1v) is 6.50. The van der Waals surface area contributed by atoms with Gasteiger partial charge in [-0.3, -0.25) is 4.79 Å². The number of aryl methyl sites for hydroxylation is 1. The van der Waals surface area contributed by atoms with Crippen molar-refractivity contribution in [3.8, 4) is 11.1 Å². The summed E-state index contributed by atoms with van der Waals surface area (Å²) in [6.07, 6.45) is 1.83. The molecule has 1 N–H and O–H groups in total. The fourth-order valence-corrected chi connectivity index (χ4v) is 2.55. The lowest BCUT2D eigenvalue weighted by Gasteiger charge is -2.11. The molecule has 0 aliphatic rings. The Hall–Kier alpha value is -2.39. The van der Waals surface area contributed by atoms with Crippen molar-refractivity contribution in [2.75, 3.05) is 0 Å². The number of fused-ring (bicyclic) bond motifs is 1. The van der Waals surface area contributed by atoms with Gasteiger partial charge in [0.05, 0.1) is 12.1 Å². The van der Waals surface area contributed by atoms with Gasteiger partial charge in [0, 0.05) is 24.2 Å². The molecule has 1 aromatic heterocycles. The van der Waals surface area contributed by atoms with E-state index in [-0.39, 0.29) is 12.0 Å². The average Bonchev–Trinajstić information content (AvgIpc) is 2.51. The lowest BCUT2D eigenvalue weighted by molar-refractivity contribution is 0.282. The molecule has 3 aromatic rings. The number of nitrogens with zero attached hydrogens (tertiary/aromatic N) is 1. The Morgan fingerprint density at radius 2 is 1.70 bits per heavy atom. The van der Waals surface area contributed by atoms with Crippen molar-refractivity contribution in [2.24, 2.45) is 7.05 Å². The third kappa shape index (κ3) is 1.92. The topological polar surface area (TPSA) is 42.2 Å². The second-order valence-electron chi connectivity index (χ2n) is 4.82. The van der Waals surface area contributed by atoms with Crippen LogP contribution in [0.25, 0.3) is 22.0 Å². The molecule has 0 aliphatic carbocycles. The second-order valence-corrected chi connectivity index (χ2v) is 4.82. The molecule has 0 radical (unpaired) electrons. The Morgan fingerprint density at radius 1 is 1.00 bits per heavy atom. The average molecular weight is 265 g/mol. The SMILES string of the molecule is Cn1cc(-c2ccccc2CO)c(=O)c2ccccc21. The van der Waals surface area contributed by atoms with Crippen molar-refractivity contribution in [2.45, 2.75) is 6.61 Å². The smallest absolute Gasteiger partial charge is 0.197 e. The number of aliphatic hydroxyl groups is 1. The van der Waals surface area contributed by atoms with Gasteiger partial charge in [-0.15, -0.1) is 0 Å². The number of para-hydroxylation sites is 1. The maximum atomic E-state index is 12.7. The van der Waals surface area contributed by atoms with Gasteiger partial charge < -0.3 is 9.67 Å². The van der Waals surface area contributed by atoms with Crippen molar-refractivity contribution >= 4 is 10.9 Å². The Morgan fingerprint density at radius 3 is 2.50 bits per heavy atom. The molecule has 0 aliphatic heterocycles. The largest absolute Gasteiger partial charge is 0.392 e. The molecule has 100 valence electrons. The summed E-state index contributed by atoms with van der Waals surface area (Å²) in [7, 11) is 1.92. The van der Waals surface area contributed by atoms with Crippen molar-refractivity contribution in [3.63, 3.8) is 0 Å². The standard InChI is InChI=1S/C17H15NO2/c1-18-10-15(13-7-3-2-6-12(13)11-19)17(20)14-8-4-5-9-16(14)18/h2-10,19H,11H2,1H3. The van der Waals surface area contributed by atoms with E-state index < -0.39 is 0 Å². The molecule has 0 atom stereocenters. The van der Waals surface area contributed by atoms with Gasteiger partial charge in [-0.05, 0) is 23.3 Å². The summed E-state index contributed by atoms with van der Waals surface area (Å²) < 4.78 is 1.94. The molecule has 0 spiro atoms. The quantitative estimate of drug-likeness (QED) is 0.774. The minimum Gasteiger partial charge on any atom is -0.392 e. The first-order valence-electron chi connectivity index (χ1n) is 6.50. The fraction of sp³-hybridized carbons (Fsp3) is 0.118. The van der Waals surface area contributed by atoms with E-state index in [1.807, 2.05) is 66.3 Å². The Bertz CT molecular complexity index is 834. The molecule has 0 saturated carbocycles. The van der Waals surface area contributed by atoms with Gasteiger partial charge in [-0.2, -0.15) is 0 Å². The number of benzene rings is 2. The highest BCUT2D eigenvalue weighted by Gasteiger charge is 2.11. The lowest BCUT2D eigenvalue weighted by Crippen LogP contribution is -2.11. The Kier molecular flexibility index (Phi) is 3.12. The Balaban J connectivity index is 2.38. The van der Waals surface area contributed by atoms with E-state index in [1.54, 1.807) is 0 Å². The molecule has 20 heavy (non-hydrogen) atoms. The number of hydrogen-bond acceptors (Lipinski definition) is 2. The van der Waals surface area contributed by atoms with Gasteiger partial charge in [0.15, 0.2) is 5.43 Å². The van der Waals surface area contributed by atoms with Crippen molar-refractivity contribution in [1.29, 1.82) is 0 Å². The van der Waals surface area contributed by atoms with Crippen LogP contribution in [0.4, 0.5) is 0 Å². The monoisotopic (exact) mass is 265 g/mol. The molecule has 3 rings (SSSR count). The highest BCUT2D eigenvalue weighted by atomic mass is 16.3. The van der Waals surface area contributed by atoms with Crippen LogP contribution < -0.4 is 5.43 Å². The van der Waals surface area contributed by atoms with Crippen LogP contribution in [0.2, 0.25) is 0 Å². The summed E-state index contributed by atoms with van der Waals surface area (Å²) in [5.74, 6) is 0. The summed E-state index contributed by atoms with van der Waals surface area (Å²) in [6, 6.07) is 15.0. The number of rotatable bonds is 2. The van der Waals surface area contributed by atoms with Crippen LogP contribution in [0.3, 0.4) is 0 Å². The molecule has 2 aromatic carbocycles. The lowest BCUT2D eigenvalue weighted by atomic mass is 9.99. The fourth-order valence-electron chi connectivity index (χ4n) is 2.55. The zero-order valence-corrected chi connectivity index (χ0v) is 11.2. The van der Waals surface area contributed by atoms with Gasteiger partial charge in [-0.25, -0.2) is 0 Å². The molecule has 0 fully saturated rings. The summed E-state index contributed by atoms with van der Waals surface area (Å²) >= 11 is 0. The van der Waals surface area contributed by atoms with E-state index in [9.17, 15) is 9.90 Å². The van der Waals surface area contributed by atoms with Gasteiger partial charge >= 0.3 is 0 Å². The van der Waals surface area contributed by atoms with E-state index in [0.29, 0.717) is 10.9 Å². The van der Waals surface area contributed by atoms with Gasteiger partial charge in [0.25, 0.3) is 0 Å². The van der Waals surface area contributed by atoms with Crippen LogP contribution in [-0.4, -0.2) is 9.67 Å². The first kappa shape index (κ1) is 12.6. The minimum atomic E-state index is -0.0772. The summed E-state index contributed by atoms with van der Waals surface area (Å²) in [4.78, 5) is 12.7. The van der Waals surface area contributed by atoms with E-state index >= 15 is 0 Å². The third-order valence-corrected chi connectivity index (χ3v) is 3.57. The van der Waals surface area contributed by atoms with Crippen LogP contribution in [0.15, 0.2) is 59.5 Å². The summed E-state index contributed by atoms with van der Waals surface area (Å²) in [6.45, 7) is -0.0772. The van der Waals surface area contributed by atoms with Crippen LogP contribution in [0, 0.1) is 0 Å². The molecule has 0 saturated heterocycles. The second kappa shape index (κ2) is 4.94. The molecule has 3 heteroatoms. The van der Waals surface area contributed by atoms with Crippen LogP contribution >= 0.6 is 0 Å². The third-order valence-electron chi connectivity index (χ3n) is 3.57. The molecule has 0 unspecified atom stereocenters. The number of aliphatic hydroxyl groups excluding tert-OH is 1. The normalized spacial score (nSPS) is 10.9. The maximum absolute atomic E-state index is 12.7. The van der Waals surface area contributed by atoms with Crippen LogP contribution in [0.1, 0.15) is 5.56 Å². The zero-order chi connectivity index (χ0) is 14.1. The predicted octanol–water partition coefficient (Wildman–Crippen LogP) is 2.70. The predicted molar refractivity (Wildman–Crippen MR) is 80.5 cm³/mol. The van der Waals surface area contributed by atoms with Crippen molar-refractivity contribution in [1.82, 2.24) is 4.57 Å². The summed E-state index contributed by atoms with van der Waals surface area (Å²) in [5, 5.41) is 10.1. The van der Waals surface area contributed by atoms with Crippen LogP contribution in [0.5, 0.6) is 0 Å². The first-order chi connectivity index (χ1) is 9.72. The van der Waals surface area contributed by atoms with E-state index in [2.05, 4.69) is 0 Å². The number of hydrogen-bond donors (Lipinski definition) is 1. The van der Waals surface area contributed by atoms with Crippen LogP contribution in [-0.2, 0) is 13.7 Å². The highest BCUT2D eigenvalue weighted by molar-refractivity contribution is 5.84. The minimum absolute atomic E-state index is 0.000370. The van der Waals surface area contributed by atoms with E-state index in [0.717, 1.165) is 16.6 Å². The molecular weight excluding hydrogens is 250 g/mol. The maximum Gasteiger partial charge on any atom is 0.197 e. The van der Waals surface area contributed by atoms with Gasteiger partial charge in [0.1, 0.15) is 0 Å². The summed E-state index contributed by atoms with van der Waals surface area (Å²) in [5.41, 5.74) is 3.08. The van der Waals surface area contributed by atoms with Gasteiger partial charge in [-0.1, -0.05) is 36.4 Å². The molecule has 0 bridgehead atoms. The van der Waals surface area contributed by atoms with Crippen molar-refractivity contribution in [3.05, 3.63) is 70.5 Å². The number of pyridine rings is 1. The molecule has 3 nitrogen and oxygen atoms in total. The highest BCUT2D eigenvalue weighted by Crippen LogP contribution is 2.23. The molecular formula is C17H15NO2. The molecule has 0 amide bonds.